The summed E-state index contributed by atoms with van der Waals surface area (Å²) < 4.78 is 7.77. The second-order valence-electron chi connectivity index (χ2n) is 9.16. The van der Waals surface area contributed by atoms with E-state index in [0.29, 0.717) is 12.4 Å². The first-order chi connectivity index (χ1) is 16.9. The third kappa shape index (κ3) is 5.90. The first-order valence-electron chi connectivity index (χ1n) is 11.7. The Hall–Kier alpha value is -3.62. The Labute approximate surface area is 206 Å². The van der Waals surface area contributed by atoms with Gasteiger partial charge in [-0.15, -0.1) is 0 Å². The van der Waals surface area contributed by atoms with Crippen molar-refractivity contribution in [1.82, 2.24) is 14.9 Å². The number of hydrogen-bond acceptors (Lipinski definition) is 6. The predicted molar refractivity (Wildman–Crippen MR) is 133 cm³/mol. The molecule has 0 unspecified atom stereocenters. The molecule has 180 valence electrons. The highest BCUT2D eigenvalue weighted by molar-refractivity contribution is 5.65. The molecule has 4 rings (SSSR count). The Morgan fingerprint density at radius 3 is 2.43 bits per heavy atom. The number of benzene rings is 2. The molecule has 0 spiro atoms. The van der Waals surface area contributed by atoms with E-state index >= 15 is 0 Å². The van der Waals surface area contributed by atoms with Gasteiger partial charge in [0.2, 0.25) is 0 Å². The Bertz CT molecular complexity index is 1220. The number of rotatable bonds is 8. The van der Waals surface area contributed by atoms with Gasteiger partial charge in [0.25, 0.3) is 0 Å². The number of aliphatic hydroxyl groups excluding tert-OH is 2. The predicted octanol–water partition coefficient (Wildman–Crippen LogP) is 3.60. The lowest BCUT2D eigenvalue weighted by molar-refractivity contribution is 0.0332. The molecular formula is C28H30N4O3. The molecule has 35 heavy (non-hydrogen) atoms. The van der Waals surface area contributed by atoms with E-state index < -0.39 is 12.1 Å². The third-order valence-corrected chi connectivity index (χ3v) is 6.29. The molecule has 1 saturated carbocycles. The number of aromatic nitrogens is 2. The summed E-state index contributed by atoms with van der Waals surface area (Å²) in [7, 11) is 0. The van der Waals surface area contributed by atoms with Crippen molar-refractivity contribution in [1.29, 1.82) is 5.26 Å². The highest BCUT2D eigenvalue weighted by Gasteiger charge is 2.41. The largest absolute Gasteiger partial charge is 0.490 e. The minimum atomic E-state index is -0.739. The Morgan fingerprint density at radius 2 is 1.83 bits per heavy atom. The van der Waals surface area contributed by atoms with Crippen LogP contribution in [0.15, 0.2) is 60.9 Å². The van der Waals surface area contributed by atoms with Gasteiger partial charge < -0.3 is 19.5 Å². The molecule has 2 aromatic carbocycles. The topological polar surface area (TPSA) is 103 Å². The van der Waals surface area contributed by atoms with Crippen molar-refractivity contribution in [2.45, 2.75) is 50.5 Å². The van der Waals surface area contributed by atoms with Gasteiger partial charge in [-0.1, -0.05) is 36.1 Å². The van der Waals surface area contributed by atoms with Crippen molar-refractivity contribution in [2.75, 3.05) is 13.2 Å². The molecule has 1 aliphatic carbocycles. The van der Waals surface area contributed by atoms with Crippen LogP contribution in [-0.4, -0.2) is 44.6 Å². The summed E-state index contributed by atoms with van der Waals surface area (Å²) in [6.45, 7) is 3.94. The second-order valence-corrected chi connectivity index (χ2v) is 9.16. The van der Waals surface area contributed by atoms with E-state index in [4.69, 9.17) is 10.00 Å². The van der Waals surface area contributed by atoms with Crippen LogP contribution in [0.1, 0.15) is 50.2 Å². The summed E-state index contributed by atoms with van der Waals surface area (Å²) in [4.78, 5) is 4.14. The van der Waals surface area contributed by atoms with Gasteiger partial charge in [0.1, 0.15) is 29.8 Å². The molecule has 7 nitrogen and oxygen atoms in total. The summed E-state index contributed by atoms with van der Waals surface area (Å²) in [5, 5.41) is 31.6. The maximum atomic E-state index is 9.85. The van der Waals surface area contributed by atoms with E-state index in [1.165, 1.54) is 0 Å². The minimum Gasteiger partial charge on any atom is -0.490 e. The van der Waals surface area contributed by atoms with Crippen LogP contribution in [0.3, 0.4) is 0 Å². The van der Waals surface area contributed by atoms with Gasteiger partial charge in [-0.25, -0.2) is 4.98 Å². The Kier molecular flexibility index (Phi) is 7.53. The zero-order valence-corrected chi connectivity index (χ0v) is 20.0. The maximum Gasteiger partial charge on any atom is 0.138 e. The Morgan fingerprint density at radius 1 is 1.17 bits per heavy atom. The zero-order valence-electron chi connectivity index (χ0n) is 20.0. The lowest BCUT2D eigenvalue weighted by atomic mass is 9.75. The number of nitriles is 1. The number of nitrogens with one attached hydrogen (secondary N) is 1. The van der Waals surface area contributed by atoms with Crippen molar-refractivity contribution < 1.29 is 14.9 Å². The van der Waals surface area contributed by atoms with E-state index in [2.05, 4.69) is 35.1 Å². The second kappa shape index (κ2) is 10.8. The van der Waals surface area contributed by atoms with Crippen LogP contribution < -0.4 is 10.1 Å². The smallest absolute Gasteiger partial charge is 0.138 e. The van der Waals surface area contributed by atoms with Gasteiger partial charge in [0, 0.05) is 36.3 Å². The Balaban J connectivity index is 1.36. The summed E-state index contributed by atoms with van der Waals surface area (Å²) in [6.07, 6.45) is 4.50. The molecule has 1 aromatic heterocycles. The fraction of sp³-hybridized carbons (Fsp3) is 0.357. The average Bonchev–Trinajstić information content (AvgIpc) is 3.33. The summed E-state index contributed by atoms with van der Waals surface area (Å²) in [5.74, 6) is 7.50. The van der Waals surface area contributed by atoms with Gasteiger partial charge in [0.15, 0.2) is 0 Å². The third-order valence-electron chi connectivity index (χ3n) is 6.29. The van der Waals surface area contributed by atoms with Gasteiger partial charge in [-0.05, 0) is 49.2 Å². The number of aliphatic hydroxyl groups is 2. The SMILES string of the molecule is C[C@H](O)c1nccn1[C@@H](C#Cc1ccc(-c2ccc(OC3CC(C)(NCC#N)C3)cc2)cc1)CO. The van der Waals surface area contributed by atoms with Crippen molar-refractivity contribution in [3.05, 3.63) is 72.3 Å². The monoisotopic (exact) mass is 470 g/mol. The standard InChI is InChI=1S/C28H30N4O3/c1-20(34)27-30-15-16-32(27)24(19-33)10-5-21-3-6-22(7-4-21)23-8-11-25(12-9-23)35-26-17-28(2,18-26)31-14-13-29/h3-4,6-9,11-12,15-16,20,24,26,31,33-34H,14,17-19H2,1-2H3/t20-,24-,26?,28?/m0/s1. The normalized spacial score (nSPS) is 20.6. The summed E-state index contributed by atoms with van der Waals surface area (Å²) in [5.41, 5.74) is 2.98. The van der Waals surface area contributed by atoms with Crippen molar-refractivity contribution in [3.63, 3.8) is 0 Å². The fourth-order valence-corrected chi connectivity index (χ4v) is 4.37. The molecule has 0 saturated heterocycles. The zero-order chi connectivity index (χ0) is 24.8. The molecule has 1 fully saturated rings. The minimum absolute atomic E-state index is 0.0134. The molecule has 0 radical (unpaired) electrons. The molecule has 1 aliphatic rings. The lowest BCUT2D eigenvalue weighted by Gasteiger charge is -2.45. The highest BCUT2D eigenvalue weighted by atomic mass is 16.5. The highest BCUT2D eigenvalue weighted by Crippen LogP contribution is 2.35. The fourth-order valence-electron chi connectivity index (χ4n) is 4.37. The maximum absolute atomic E-state index is 9.85. The molecular weight excluding hydrogens is 440 g/mol. The molecule has 3 N–H and O–H groups in total. The van der Waals surface area contributed by atoms with Gasteiger partial charge in [0.05, 0.1) is 19.2 Å². The van der Waals surface area contributed by atoms with Crippen LogP contribution in [0.2, 0.25) is 0 Å². The van der Waals surface area contributed by atoms with Crippen LogP contribution in [0.5, 0.6) is 5.75 Å². The molecule has 2 atom stereocenters. The van der Waals surface area contributed by atoms with E-state index in [1.54, 1.807) is 23.9 Å². The van der Waals surface area contributed by atoms with Gasteiger partial charge in [-0.3, -0.25) is 5.32 Å². The average molecular weight is 471 g/mol. The first kappa shape index (κ1) is 24.5. The molecule has 0 amide bonds. The molecule has 0 aliphatic heterocycles. The summed E-state index contributed by atoms with van der Waals surface area (Å²) in [6, 6.07) is 17.6. The quantitative estimate of drug-likeness (QED) is 0.343. The van der Waals surface area contributed by atoms with E-state index in [9.17, 15) is 10.2 Å². The molecule has 7 heteroatoms. The van der Waals surface area contributed by atoms with E-state index in [-0.39, 0.29) is 18.2 Å². The van der Waals surface area contributed by atoms with Crippen LogP contribution in [0.4, 0.5) is 0 Å². The number of imidazole rings is 1. The summed E-state index contributed by atoms with van der Waals surface area (Å²) >= 11 is 0. The van der Waals surface area contributed by atoms with Gasteiger partial charge in [-0.2, -0.15) is 5.26 Å². The van der Waals surface area contributed by atoms with Crippen LogP contribution in [-0.2, 0) is 0 Å². The number of hydrogen-bond donors (Lipinski definition) is 3. The van der Waals surface area contributed by atoms with E-state index in [0.717, 1.165) is 35.3 Å². The van der Waals surface area contributed by atoms with Crippen molar-refractivity contribution in [3.8, 4) is 34.8 Å². The van der Waals surface area contributed by atoms with Crippen LogP contribution in [0, 0.1) is 23.2 Å². The van der Waals surface area contributed by atoms with E-state index in [1.807, 2.05) is 48.5 Å². The van der Waals surface area contributed by atoms with Gasteiger partial charge >= 0.3 is 0 Å². The molecule has 1 heterocycles. The lowest BCUT2D eigenvalue weighted by Crippen LogP contribution is -2.57. The van der Waals surface area contributed by atoms with Crippen LogP contribution >= 0.6 is 0 Å². The molecule has 0 bridgehead atoms. The number of ether oxygens (including phenoxy) is 1. The van der Waals surface area contributed by atoms with Crippen LogP contribution in [0.25, 0.3) is 11.1 Å². The van der Waals surface area contributed by atoms with Crippen molar-refractivity contribution >= 4 is 0 Å². The molecule has 3 aromatic rings. The van der Waals surface area contributed by atoms with Crippen molar-refractivity contribution in [2.24, 2.45) is 0 Å². The number of nitrogens with zero attached hydrogens (tertiary/aromatic N) is 3. The first-order valence-corrected chi connectivity index (χ1v) is 11.7.